The van der Waals surface area contributed by atoms with E-state index in [1.54, 1.807) is 12.1 Å². The summed E-state index contributed by atoms with van der Waals surface area (Å²) in [6.07, 6.45) is 3.15. The van der Waals surface area contributed by atoms with Crippen molar-refractivity contribution in [3.63, 3.8) is 0 Å². The molecule has 0 spiro atoms. The average Bonchev–Trinajstić information content (AvgIpc) is 3.19. The monoisotopic (exact) mass is 390 g/mol. The fourth-order valence-electron chi connectivity index (χ4n) is 3.44. The first-order chi connectivity index (χ1) is 13.1. The van der Waals surface area contributed by atoms with Gasteiger partial charge in [-0.05, 0) is 67.4 Å². The molecule has 4 nitrogen and oxygen atoms in total. The minimum Gasteiger partial charge on any atom is -0.494 e. The molecule has 1 fully saturated rings. The number of ether oxygens (including phenoxy) is 1. The quantitative estimate of drug-likeness (QED) is 0.744. The largest absolute Gasteiger partial charge is 0.494 e. The van der Waals surface area contributed by atoms with E-state index >= 15 is 0 Å². The van der Waals surface area contributed by atoms with Crippen LogP contribution in [0.1, 0.15) is 29.7 Å². The molecule has 0 saturated carbocycles. The molecule has 0 aliphatic carbocycles. The summed E-state index contributed by atoms with van der Waals surface area (Å²) in [6.45, 7) is 3.95. The molecule has 3 rings (SSSR count). The topological polar surface area (TPSA) is 41.6 Å². The Balaban J connectivity index is 1.33. The van der Waals surface area contributed by atoms with Crippen molar-refractivity contribution in [1.29, 1.82) is 0 Å². The van der Waals surface area contributed by atoms with E-state index in [9.17, 15) is 9.18 Å². The third kappa shape index (κ3) is 6.04. The van der Waals surface area contributed by atoms with Crippen molar-refractivity contribution in [2.24, 2.45) is 5.92 Å². The predicted molar refractivity (Wildman–Crippen MR) is 107 cm³/mol. The Morgan fingerprint density at radius 3 is 2.81 bits per heavy atom. The molecule has 2 heterocycles. The van der Waals surface area contributed by atoms with Gasteiger partial charge in [0.05, 0.1) is 7.11 Å². The minimum absolute atomic E-state index is 0.0345. The van der Waals surface area contributed by atoms with Crippen LogP contribution in [-0.4, -0.2) is 37.6 Å². The fourth-order valence-corrected chi connectivity index (χ4v) is 4.19. The lowest BCUT2D eigenvalue weighted by Crippen LogP contribution is -2.38. The lowest BCUT2D eigenvalue weighted by Gasteiger charge is -2.31. The van der Waals surface area contributed by atoms with E-state index in [0.717, 1.165) is 44.6 Å². The molecule has 1 aromatic carbocycles. The number of carbonyl (C=O) groups is 1. The van der Waals surface area contributed by atoms with Crippen molar-refractivity contribution in [3.8, 4) is 5.75 Å². The number of hydrogen-bond donors (Lipinski definition) is 1. The third-order valence-electron chi connectivity index (χ3n) is 5.11. The third-order valence-corrected chi connectivity index (χ3v) is 5.97. The van der Waals surface area contributed by atoms with Gasteiger partial charge in [0.1, 0.15) is 0 Å². The maximum absolute atomic E-state index is 13.7. The molecule has 1 saturated heterocycles. The number of hydrogen-bond acceptors (Lipinski definition) is 4. The molecule has 2 aromatic rings. The average molecular weight is 391 g/mol. The Hall–Kier alpha value is -1.92. The van der Waals surface area contributed by atoms with Crippen molar-refractivity contribution >= 4 is 17.2 Å². The van der Waals surface area contributed by atoms with Crippen molar-refractivity contribution in [1.82, 2.24) is 10.2 Å². The Bertz CT molecular complexity index is 728. The molecule has 0 radical (unpaired) electrons. The molecular weight excluding hydrogens is 363 g/mol. The van der Waals surface area contributed by atoms with Gasteiger partial charge < -0.3 is 10.1 Å². The minimum atomic E-state index is -0.385. The van der Waals surface area contributed by atoms with Gasteiger partial charge in [0.15, 0.2) is 11.6 Å². The zero-order valence-electron chi connectivity index (χ0n) is 15.7. The first-order valence-corrected chi connectivity index (χ1v) is 10.4. The summed E-state index contributed by atoms with van der Waals surface area (Å²) in [4.78, 5) is 16.0. The standard InChI is InChI=1S/C21H27FN2O2S/c1-26-20-6-4-16(13-19(20)22)5-7-21(25)23-14-17-8-10-24(11-9-17)15-18-3-2-12-27-18/h2-4,6,12-13,17H,5,7-11,14-15H2,1H3,(H,23,25). The number of likely N-dealkylation sites (tertiary alicyclic amines) is 1. The Morgan fingerprint density at radius 2 is 2.15 bits per heavy atom. The van der Waals surface area contributed by atoms with Gasteiger partial charge in [-0.15, -0.1) is 11.3 Å². The van der Waals surface area contributed by atoms with Crippen molar-refractivity contribution in [3.05, 3.63) is 52.0 Å². The molecule has 1 aromatic heterocycles. The number of piperidine rings is 1. The van der Waals surface area contributed by atoms with E-state index in [1.807, 2.05) is 11.3 Å². The molecule has 1 N–H and O–H groups in total. The lowest BCUT2D eigenvalue weighted by atomic mass is 9.96. The van der Waals surface area contributed by atoms with Crippen LogP contribution in [0.15, 0.2) is 35.7 Å². The molecule has 6 heteroatoms. The van der Waals surface area contributed by atoms with Crippen molar-refractivity contribution < 1.29 is 13.9 Å². The van der Waals surface area contributed by atoms with Crippen molar-refractivity contribution in [2.75, 3.05) is 26.7 Å². The molecule has 0 unspecified atom stereocenters. The molecule has 27 heavy (non-hydrogen) atoms. The first kappa shape index (κ1) is 19.8. The summed E-state index contributed by atoms with van der Waals surface area (Å²) >= 11 is 1.81. The normalized spacial score (nSPS) is 15.6. The molecule has 146 valence electrons. The van der Waals surface area contributed by atoms with E-state index < -0.39 is 0 Å². The van der Waals surface area contributed by atoms with Crippen molar-refractivity contribution in [2.45, 2.75) is 32.2 Å². The predicted octanol–water partition coefficient (Wildman–Crippen LogP) is 3.86. The van der Waals surface area contributed by atoms with Gasteiger partial charge >= 0.3 is 0 Å². The molecular formula is C21H27FN2O2S. The van der Waals surface area contributed by atoms with Crippen LogP contribution in [0.25, 0.3) is 0 Å². The van der Waals surface area contributed by atoms with Crippen LogP contribution < -0.4 is 10.1 Å². The molecule has 1 aliphatic rings. The molecule has 1 amide bonds. The number of benzene rings is 1. The van der Waals surface area contributed by atoms with E-state index in [2.05, 4.69) is 27.7 Å². The Kier molecular flexibility index (Phi) is 7.24. The Labute approximate surface area is 164 Å². The molecule has 1 aliphatic heterocycles. The van der Waals surface area contributed by atoms with Gasteiger partial charge in [0.25, 0.3) is 0 Å². The number of methoxy groups -OCH3 is 1. The highest BCUT2D eigenvalue weighted by Crippen LogP contribution is 2.21. The Morgan fingerprint density at radius 1 is 1.33 bits per heavy atom. The number of carbonyl (C=O) groups excluding carboxylic acids is 1. The second-order valence-electron chi connectivity index (χ2n) is 7.07. The lowest BCUT2D eigenvalue weighted by molar-refractivity contribution is -0.121. The van der Waals surface area contributed by atoms with E-state index in [4.69, 9.17) is 4.74 Å². The maximum atomic E-state index is 13.7. The number of aryl methyl sites for hydroxylation is 1. The second kappa shape index (κ2) is 9.85. The number of halogens is 1. The zero-order valence-corrected chi connectivity index (χ0v) is 16.6. The summed E-state index contributed by atoms with van der Waals surface area (Å²) in [7, 11) is 1.44. The van der Waals surface area contributed by atoms with Crippen LogP contribution in [0.5, 0.6) is 5.75 Å². The number of nitrogens with one attached hydrogen (secondary N) is 1. The first-order valence-electron chi connectivity index (χ1n) is 9.48. The summed E-state index contributed by atoms with van der Waals surface area (Å²) in [6, 6.07) is 9.13. The van der Waals surface area contributed by atoms with Crippen LogP contribution in [-0.2, 0) is 17.8 Å². The van der Waals surface area contributed by atoms with Crippen LogP contribution in [0.2, 0.25) is 0 Å². The van der Waals surface area contributed by atoms with Crippen LogP contribution >= 0.6 is 11.3 Å². The van der Waals surface area contributed by atoms with E-state index in [1.165, 1.54) is 18.1 Å². The molecule has 0 atom stereocenters. The maximum Gasteiger partial charge on any atom is 0.220 e. The van der Waals surface area contributed by atoms with Gasteiger partial charge in [-0.1, -0.05) is 12.1 Å². The van der Waals surface area contributed by atoms with Crippen LogP contribution in [0.4, 0.5) is 4.39 Å². The SMILES string of the molecule is COc1ccc(CCC(=O)NCC2CCN(Cc3cccs3)CC2)cc1F. The van der Waals surface area contributed by atoms with Gasteiger partial charge in [-0.25, -0.2) is 4.39 Å². The highest BCUT2D eigenvalue weighted by molar-refractivity contribution is 7.09. The summed E-state index contributed by atoms with van der Waals surface area (Å²) in [5.74, 6) is 0.428. The zero-order chi connectivity index (χ0) is 19.1. The summed E-state index contributed by atoms with van der Waals surface area (Å²) in [5, 5.41) is 5.17. The fraction of sp³-hybridized carbons (Fsp3) is 0.476. The van der Waals surface area contributed by atoms with Gasteiger partial charge in [0.2, 0.25) is 5.91 Å². The summed E-state index contributed by atoms with van der Waals surface area (Å²) in [5.41, 5.74) is 0.810. The van der Waals surface area contributed by atoms with Gasteiger partial charge in [-0.3, -0.25) is 9.69 Å². The van der Waals surface area contributed by atoms with Gasteiger partial charge in [0, 0.05) is 24.4 Å². The highest BCUT2D eigenvalue weighted by atomic mass is 32.1. The second-order valence-corrected chi connectivity index (χ2v) is 8.10. The number of thiophene rings is 1. The number of nitrogens with zero attached hydrogens (tertiary/aromatic N) is 1. The van der Waals surface area contributed by atoms with Crippen LogP contribution in [0.3, 0.4) is 0 Å². The highest BCUT2D eigenvalue weighted by Gasteiger charge is 2.20. The smallest absolute Gasteiger partial charge is 0.220 e. The van der Waals surface area contributed by atoms with Crippen LogP contribution in [0, 0.1) is 11.7 Å². The summed E-state index contributed by atoms with van der Waals surface area (Å²) < 4.78 is 18.6. The number of amides is 1. The van der Waals surface area contributed by atoms with Gasteiger partial charge in [-0.2, -0.15) is 0 Å². The van der Waals surface area contributed by atoms with E-state index in [0.29, 0.717) is 18.8 Å². The number of rotatable bonds is 8. The molecule has 0 bridgehead atoms. The van der Waals surface area contributed by atoms with E-state index in [-0.39, 0.29) is 17.5 Å².